The Labute approximate surface area is 124 Å². The number of β-amino-alcohol motifs (C(OH)–C–C–N with tert-alkyl or cyclic N) is 1. The Morgan fingerprint density at radius 1 is 1.70 bits per heavy atom. The van der Waals surface area contributed by atoms with Crippen molar-refractivity contribution in [1.29, 1.82) is 0 Å². The minimum absolute atomic E-state index is 0.0643. The highest BCUT2D eigenvalue weighted by atomic mass is 79.9. The summed E-state index contributed by atoms with van der Waals surface area (Å²) >= 11 is 3.28. The second-order valence-corrected chi connectivity index (χ2v) is 5.77. The van der Waals surface area contributed by atoms with Crippen LogP contribution in [0.15, 0.2) is 10.8 Å². The Balaban J connectivity index is 2.19. The summed E-state index contributed by atoms with van der Waals surface area (Å²) < 4.78 is 5.53. The van der Waals surface area contributed by atoms with Gasteiger partial charge < -0.3 is 19.8 Å². The van der Waals surface area contributed by atoms with E-state index in [9.17, 15) is 9.90 Å². The summed E-state index contributed by atoms with van der Waals surface area (Å²) in [5.74, 6) is 0.355. The van der Waals surface area contributed by atoms with E-state index in [4.69, 9.17) is 9.84 Å². The summed E-state index contributed by atoms with van der Waals surface area (Å²) in [4.78, 5) is 20.6. The lowest BCUT2D eigenvalue weighted by atomic mass is 9.95. The van der Waals surface area contributed by atoms with Gasteiger partial charge in [0.15, 0.2) is 0 Å². The molecule has 2 heterocycles. The van der Waals surface area contributed by atoms with Gasteiger partial charge in [-0.15, -0.1) is 0 Å². The van der Waals surface area contributed by atoms with E-state index in [1.807, 2.05) is 0 Å². The molecule has 1 unspecified atom stereocenters. The number of hydrogen-bond acceptors (Lipinski definition) is 5. The zero-order valence-electron chi connectivity index (χ0n) is 11.2. The number of aliphatic hydroxyl groups is 1. The molecule has 1 saturated heterocycles. The number of carboxylic acid groups (broad SMARTS) is 1. The molecule has 1 aromatic heterocycles. The Morgan fingerprint density at radius 3 is 2.95 bits per heavy atom. The highest BCUT2D eigenvalue weighted by Gasteiger charge is 2.43. The van der Waals surface area contributed by atoms with Gasteiger partial charge in [-0.1, -0.05) is 0 Å². The van der Waals surface area contributed by atoms with Crippen molar-refractivity contribution < 1.29 is 19.7 Å². The van der Waals surface area contributed by atoms with Crippen LogP contribution in [0, 0.1) is 0 Å². The second kappa shape index (κ2) is 5.53. The average molecular weight is 346 g/mol. The van der Waals surface area contributed by atoms with Crippen molar-refractivity contribution in [3.63, 3.8) is 0 Å². The number of carbonyl (C=O) groups is 1. The van der Waals surface area contributed by atoms with Gasteiger partial charge >= 0.3 is 6.09 Å². The van der Waals surface area contributed by atoms with Crippen molar-refractivity contribution in [3.05, 3.63) is 16.5 Å². The molecule has 1 aliphatic heterocycles. The standard InChI is InChI=1S/C12H16BrN3O4/c1-7-3-12(19,6-16(7)11(17)18)4-8-10(13)14-5-9(15-8)20-2/h5,7,19H,3-4,6H2,1-2H3,(H,17,18)/t7-,12?/m0/s1. The molecule has 2 atom stereocenters. The topological polar surface area (TPSA) is 95.8 Å². The molecule has 2 rings (SSSR count). The van der Waals surface area contributed by atoms with Crippen LogP contribution in [0.25, 0.3) is 0 Å². The number of halogens is 1. The Morgan fingerprint density at radius 2 is 2.40 bits per heavy atom. The van der Waals surface area contributed by atoms with Gasteiger partial charge in [0.2, 0.25) is 5.88 Å². The van der Waals surface area contributed by atoms with E-state index in [0.29, 0.717) is 22.6 Å². The van der Waals surface area contributed by atoms with Crippen LogP contribution in [0.2, 0.25) is 0 Å². The normalized spacial score (nSPS) is 25.8. The van der Waals surface area contributed by atoms with Crippen molar-refractivity contribution in [1.82, 2.24) is 14.9 Å². The van der Waals surface area contributed by atoms with Gasteiger partial charge in [0.05, 0.1) is 31.1 Å². The van der Waals surface area contributed by atoms with E-state index in [2.05, 4.69) is 25.9 Å². The maximum absolute atomic E-state index is 11.1. The average Bonchev–Trinajstić information content (AvgIpc) is 2.68. The van der Waals surface area contributed by atoms with Crippen molar-refractivity contribution in [3.8, 4) is 5.88 Å². The molecular formula is C12H16BrN3O4. The number of ether oxygens (including phenoxy) is 1. The molecule has 110 valence electrons. The summed E-state index contributed by atoms with van der Waals surface area (Å²) in [6.45, 7) is 1.84. The highest BCUT2D eigenvalue weighted by Crippen LogP contribution is 2.31. The Hall–Kier alpha value is -1.41. The number of amides is 1. The monoisotopic (exact) mass is 345 g/mol. The minimum atomic E-state index is -1.14. The smallest absolute Gasteiger partial charge is 0.407 e. The molecule has 0 bridgehead atoms. The molecule has 2 N–H and O–H groups in total. The third kappa shape index (κ3) is 3.01. The van der Waals surface area contributed by atoms with Crippen LogP contribution in [0.3, 0.4) is 0 Å². The maximum atomic E-state index is 11.1. The molecule has 7 nitrogen and oxygen atoms in total. The number of hydrogen-bond donors (Lipinski definition) is 2. The molecule has 0 spiro atoms. The third-order valence-electron chi connectivity index (χ3n) is 3.40. The van der Waals surface area contributed by atoms with Crippen LogP contribution in [0.4, 0.5) is 4.79 Å². The van der Waals surface area contributed by atoms with Gasteiger partial charge in [-0.2, -0.15) is 0 Å². The van der Waals surface area contributed by atoms with Gasteiger partial charge in [0, 0.05) is 12.5 Å². The van der Waals surface area contributed by atoms with Crippen molar-refractivity contribution in [2.45, 2.75) is 31.4 Å². The summed E-state index contributed by atoms with van der Waals surface area (Å²) in [5, 5.41) is 19.7. The molecular weight excluding hydrogens is 330 g/mol. The number of nitrogens with zero attached hydrogens (tertiary/aromatic N) is 3. The van der Waals surface area contributed by atoms with E-state index in [-0.39, 0.29) is 19.0 Å². The van der Waals surface area contributed by atoms with Crippen LogP contribution in [0.1, 0.15) is 19.0 Å². The zero-order chi connectivity index (χ0) is 14.9. The van der Waals surface area contributed by atoms with Crippen LogP contribution in [0.5, 0.6) is 5.88 Å². The zero-order valence-corrected chi connectivity index (χ0v) is 12.8. The third-order valence-corrected chi connectivity index (χ3v) is 4.06. The maximum Gasteiger partial charge on any atom is 0.407 e. The van der Waals surface area contributed by atoms with Gasteiger partial charge in [-0.3, -0.25) is 0 Å². The molecule has 1 fully saturated rings. The molecule has 1 aromatic rings. The fraction of sp³-hybridized carbons (Fsp3) is 0.583. The van der Waals surface area contributed by atoms with Crippen LogP contribution < -0.4 is 4.74 Å². The van der Waals surface area contributed by atoms with E-state index in [1.165, 1.54) is 18.2 Å². The van der Waals surface area contributed by atoms with Gasteiger partial charge in [0.1, 0.15) is 4.60 Å². The number of rotatable bonds is 3. The van der Waals surface area contributed by atoms with Crippen LogP contribution in [-0.2, 0) is 6.42 Å². The molecule has 1 aliphatic rings. The van der Waals surface area contributed by atoms with E-state index in [1.54, 1.807) is 6.92 Å². The fourth-order valence-corrected chi connectivity index (χ4v) is 2.83. The largest absolute Gasteiger partial charge is 0.480 e. The van der Waals surface area contributed by atoms with Gasteiger partial charge in [0.25, 0.3) is 0 Å². The van der Waals surface area contributed by atoms with Crippen LogP contribution in [-0.4, -0.2) is 56.5 Å². The first-order valence-corrected chi connectivity index (χ1v) is 6.91. The molecule has 8 heteroatoms. The lowest BCUT2D eigenvalue weighted by Gasteiger charge is -2.22. The van der Waals surface area contributed by atoms with Crippen molar-refractivity contribution in [2.75, 3.05) is 13.7 Å². The Bertz CT molecular complexity index is 527. The fourth-order valence-electron chi connectivity index (χ4n) is 2.50. The molecule has 20 heavy (non-hydrogen) atoms. The SMILES string of the molecule is COc1cnc(Br)c(CC2(O)C[C@H](C)N(C(=O)O)C2)n1. The Kier molecular flexibility index (Phi) is 4.14. The molecule has 0 aromatic carbocycles. The van der Waals surface area contributed by atoms with E-state index < -0.39 is 11.7 Å². The lowest BCUT2D eigenvalue weighted by Crippen LogP contribution is -2.38. The van der Waals surface area contributed by atoms with E-state index >= 15 is 0 Å². The first-order valence-electron chi connectivity index (χ1n) is 6.12. The van der Waals surface area contributed by atoms with Gasteiger partial charge in [-0.05, 0) is 29.3 Å². The minimum Gasteiger partial charge on any atom is -0.480 e. The van der Waals surface area contributed by atoms with Gasteiger partial charge in [-0.25, -0.2) is 14.8 Å². The number of likely N-dealkylation sites (tertiary alicyclic amines) is 1. The highest BCUT2D eigenvalue weighted by molar-refractivity contribution is 9.10. The number of methoxy groups -OCH3 is 1. The summed E-state index contributed by atoms with van der Waals surface area (Å²) in [6.07, 6.45) is 1.03. The molecule has 0 saturated carbocycles. The lowest BCUT2D eigenvalue weighted by molar-refractivity contribution is 0.0479. The summed E-state index contributed by atoms with van der Waals surface area (Å²) in [7, 11) is 1.49. The molecule has 0 radical (unpaired) electrons. The predicted molar refractivity (Wildman–Crippen MR) is 73.7 cm³/mol. The van der Waals surface area contributed by atoms with Crippen molar-refractivity contribution in [2.24, 2.45) is 0 Å². The molecule has 1 amide bonds. The van der Waals surface area contributed by atoms with Crippen LogP contribution >= 0.6 is 15.9 Å². The molecule has 0 aliphatic carbocycles. The summed E-state index contributed by atoms with van der Waals surface area (Å²) in [6, 6.07) is -0.227. The predicted octanol–water partition coefficient (Wildman–Crippen LogP) is 1.29. The number of aromatic nitrogens is 2. The quantitative estimate of drug-likeness (QED) is 0.856. The second-order valence-electron chi connectivity index (χ2n) is 5.01. The first kappa shape index (κ1) is 15.0. The van der Waals surface area contributed by atoms with E-state index in [0.717, 1.165) is 0 Å². The summed E-state index contributed by atoms with van der Waals surface area (Å²) in [5.41, 5.74) is -0.590. The first-order chi connectivity index (χ1) is 9.34. The van der Waals surface area contributed by atoms with Crippen molar-refractivity contribution >= 4 is 22.0 Å².